The molecule has 0 aromatic heterocycles. The Morgan fingerprint density at radius 1 is 1.29 bits per heavy atom. The van der Waals surface area contributed by atoms with Gasteiger partial charge in [-0.25, -0.2) is 0 Å². The normalized spacial score (nSPS) is 13.5. The van der Waals surface area contributed by atoms with Gasteiger partial charge in [0.25, 0.3) is 0 Å². The minimum atomic E-state index is 0.234. The van der Waals surface area contributed by atoms with Crippen molar-refractivity contribution in [2.24, 2.45) is 5.41 Å². The molecular formula is C15H24O2. The highest BCUT2D eigenvalue weighted by atomic mass is 16.5. The van der Waals surface area contributed by atoms with E-state index < -0.39 is 0 Å². The van der Waals surface area contributed by atoms with E-state index in [4.69, 9.17) is 4.74 Å². The molecule has 96 valence electrons. The maximum absolute atomic E-state index is 9.81. The summed E-state index contributed by atoms with van der Waals surface area (Å²) in [6.45, 7) is 8.94. The van der Waals surface area contributed by atoms with E-state index in [1.54, 1.807) is 7.11 Å². The van der Waals surface area contributed by atoms with Gasteiger partial charge >= 0.3 is 0 Å². The molecule has 0 saturated heterocycles. The highest BCUT2D eigenvalue weighted by molar-refractivity contribution is 5.42. The molecule has 0 fully saturated rings. The zero-order chi connectivity index (χ0) is 13.1. The van der Waals surface area contributed by atoms with Gasteiger partial charge in [-0.2, -0.15) is 0 Å². The quantitative estimate of drug-likeness (QED) is 0.843. The number of methoxy groups -OCH3 is 1. The number of phenolic OH excluding ortho intramolecular Hbond substituents is 1. The molecule has 0 saturated carbocycles. The van der Waals surface area contributed by atoms with Crippen LogP contribution in [0.3, 0.4) is 0 Å². The fourth-order valence-electron chi connectivity index (χ4n) is 2.20. The van der Waals surface area contributed by atoms with Crippen LogP contribution in [-0.2, 0) is 0 Å². The Bertz CT molecular complexity index is 364. The highest BCUT2D eigenvalue weighted by Crippen LogP contribution is 2.36. The number of rotatable bonds is 4. The third-order valence-corrected chi connectivity index (χ3v) is 3.03. The van der Waals surface area contributed by atoms with Crippen LogP contribution in [0.4, 0.5) is 0 Å². The third-order valence-electron chi connectivity index (χ3n) is 3.03. The average Bonchev–Trinajstić information content (AvgIpc) is 2.24. The van der Waals surface area contributed by atoms with Gasteiger partial charge < -0.3 is 9.84 Å². The molecule has 1 rings (SSSR count). The van der Waals surface area contributed by atoms with Crippen LogP contribution in [0.2, 0.25) is 0 Å². The van der Waals surface area contributed by atoms with Gasteiger partial charge in [0.1, 0.15) is 0 Å². The summed E-state index contributed by atoms with van der Waals surface area (Å²) < 4.78 is 5.06. The summed E-state index contributed by atoms with van der Waals surface area (Å²) in [5.74, 6) is 1.27. The summed E-state index contributed by atoms with van der Waals surface area (Å²) in [7, 11) is 1.57. The van der Waals surface area contributed by atoms with Crippen LogP contribution in [0, 0.1) is 5.41 Å². The van der Waals surface area contributed by atoms with Crippen LogP contribution < -0.4 is 4.74 Å². The van der Waals surface area contributed by atoms with Crippen LogP contribution in [0.15, 0.2) is 18.2 Å². The lowest BCUT2D eigenvalue weighted by Crippen LogP contribution is -2.11. The molecule has 2 nitrogen and oxygen atoms in total. The van der Waals surface area contributed by atoms with E-state index >= 15 is 0 Å². The fourth-order valence-corrected chi connectivity index (χ4v) is 2.20. The van der Waals surface area contributed by atoms with Crippen LogP contribution in [0.1, 0.15) is 52.0 Å². The van der Waals surface area contributed by atoms with Gasteiger partial charge in [0.05, 0.1) is 7.11 Å². The molecule has 0 bridgehead atoms. The Kier molecular flexibility index (Phi) is 4.44. The second-order valence-electron chi connectivity index (χ2n) is 5.80. The molecule has 0 heterocycles. The summed E-state index contributed by atoms with van der Waals surface area (Å²) in [5, 5.41) is 9.81. The van der Waals surface area contributed by atoms with Gasteiger partial charge in [-0.15, -0.1) is 0 Å². The molecule has 0 aliphatic carbocycles. The molecule has 17 heavy (non-hydrogen) atoms. The predicted molar refractivity (Wildman–Crippen MR) is 71.8 cm³/mol. The van der Waals surface area contributed by atoms with Crippen LogP contribution >= 0.6 is 0 Å². The smallest absolute Gasteiger partial charge is 0.160 e. The zero-order valence-electron chi connectivity index (χ0n) is 11.6. The van der Waals surface area contributed by atoms with Crippen molar-refractivity contribution in [1.82, 2.24) is 0 Å². The maximum Gasteiger partial charge on any atom is 0.160 e. The maximum atomic E-state index is 9.81. The SMILES string of the molecule is CCC(CC(C)(C)C)c1ccc(OC)c(O)c1. The van der Waals surface area contributed by atoms with Crippen molar-refractivity contribution in [2.45, 2.75) is 46.5 Å². The minimum absolute atomic E-state index is 0.234. The monoisotopic (exact) mass is 236 g/mol. The van der Waals surface area contributed by atoms with Crippen LogP contribution in [-0.4, -0.2) is 12.2 Å². The first-order valence-corrected chi connectivity index (χ1v) is 6.24. The topological polar surface area (TPSA) is 29.5 Å². The van der Waals surface area contributed by atoms with Crippen molar-refractivity contribution >= 4 is 0 Å². The van der Waals surface area contributed by atoms with Gasteiger partial charge in [-0.05, 0) is 41.9 Å². The summed E-state index contributed by atoms with van der Waals surface area (Å²) in [4.78, 5) is 0. The van der Waals surface area contributed by atoms with Crippen molar-refractivity contribution in [3.8, 4) is 11.5 Å². The number of hydrogen-bond donors (Lipinski definition) is 1. The zero-order valence-corrected chi connectivity index (χ0v) is 11.6. The van der Waals surface area contributed by atoms with Gasteiger partial charge in [0.15, 0.2) is 11.5 Å². The Morgan fingerprint density at radius 2 is 1.94 bits per heavy atom. The second-order valence-corrected chi connectivity index (χ2v) is 5.80. The Labute approximate surface area is 105 Å². The van der Waals surface area contributed by atoms with Crippen molar-refractivity contribution < 1.29 is 9.84 Å². The molecular weight excluding hydrogens is 212 g/mol. The van der Waals surface area contributed by atoms with E-state index in [2.05, 4.69) is 33.8 Å². The molecule has 2 heteroatoms. The van der Waals surface area contributed by atoms with E-state index in [1.165, 1.54) is 5.56 Å². The largest absolute Gasteiger partial charge is 0.504 e. The lowest BCUT2D eigenvalue weighted by Gasteiger charge is -2.25. The molecule has 0 spiro atoms. The predicted octanol–water partition coefficient (Wildman–Crippen LogP) is 4.33. The summed E-state index contributed by atoms with van der Waals surface area (Å²) in [6, 6.07) is 5.73. The van der Waals surface area contributed by atoms with E-state index in [0.717, 1.165) is 12.8 Å². The summed E-state index contributed by atoms with van der Waals surface area (Å²) in [5.41, 5.74) is 1.50. The van der Waals surface area contributed by atoms with Crippen LogP contribution in [0.25, 0.3) is 0 Å². The van der Waals surface area contributed by atoms with E-state index in [0.29, 0.717) is 17.1 Å². The van der Waals surface area contributed by atoms with E-state index in [-0.39, 0.29) is 5.75 Å². The second kappa shape index (κ2) is 5.44. The van der Waals surface area contributed by atoms with Gasteiger partial charge in [0.2, 0.25) is 0 Å². The highest BCUT2D eigenvalue weighted by Gasteiger charge is 2.19. The van der Waals surface area contributed by atoms with Crippen LogP contribution in [0.5, 0.6) is 11.5 Å². The molecule has 1 aromatic rings. The first kappa shape index (κ1) is 13.9. The molecule has 1 N–H and O–H groups in total. The number of hydrogen-bond acceptors (Lipinski definition) is 2. The summed E-state index contributed by atoms with van der Waals surface area (Å²) >= 11 is 0. The fraction of sp³-hybridized carbons (Fsp3) is 0.600. The lowest BCUT2D eigenvalue weighted by atomic mass is 9.80. The number of benzene rings is 1. The molecule has 1 aromatic carbocycles. The Morgan fingerprint density at radius 3 is 2.35 bits per heavy atom. The summed E-state index contributed by atoms with van der Waals surface area (Å²) in [6.07, 6.45) is 2.21. The molecule has 0 radical (unpaired) electrons. The van der Waals surface area contributed by atoms with Gasteiger partial charge in [0, 0.05) is 0 Å². The first-order chi connectivity index (χ1) is 7.87. The van der Waals surface area contributed by atoms with Crippen molar-refractivity contribution in [3.63, 3.8) is 0 Å². The molecule has 0 aliphatic rings. The molecule has 1 unspecified atom stereocenters. The van der Waals surface area contributed by atoms with Gasteiger partial charge in [-0.3, -0.25) is 0 Å². The van der Waals surface area contributed by atoms with E-state index in [1.807, 2.05) is 12.1 Å². The first-order valence-electron chi connectivity index (χ1n) is 6.24. The standard InChI is InChI=1S/C15H24O2/c1-6-11(10-15(2,3)4)12-7-8-14(17-5)13(16)9-12/h7-9,11,16H,6,10H2,1-5H3. The minimum Gasteiger partial charge on any atom is -0.504 e. The van der Waals surface area contributed by atoms with Crippen molar-refractivity contribution in [3.05, 3.63) is 23.8 Å². The van der Waals surface area contributed by atoms with Gasteiger partial charge in [-0.1, -0.05) is 33.8 Å². The number of phenols is 1. The molecule has 0 aliphatic heterocycles. The number of aromatic hydroxyl groups is 1. The third kappa shape index (κ3) is 3.95. The van der Waals surface area contributed by atoms with Crippen molar-refractivity contribution in [2.75, 3.05) is 7.11 Å². The lowest BCUT2D eigenvalue weighted by molar-refractivity contribution is 0.333. The number of ether oxygens (including phenoxy) is 1. The van der Waals surface area contributed by atoms with Crippen molar-refractivity contribution in [1.29, 1.82) is 0 Å². The van der Waals surface area contributed by atoms with E-state index in [9.17, 15) is 5.11 Å². The Hall–Kier alpha value is -1.18. The average molecular weight is 236 g/mol. The molecule has 1 atom stereocenters. The molecule has 0 amide bonds. The Balaban J connectivity index is 2.93.